The van der Waals surface area contributed by atoms with Crippen molar-refractivity contribution in [3.8, 4) is 16.8 Å². The van der Waals surface area contributed by atoms with E-state index in [9.17, 15) is 0 Å². The molecule has 2 aromatic heterocycles. The monoisotopic (exact) mass is 676 g/mol. The van der Waals surface area contributed by atoms with Gasteiger partial charge in [-0.25, -0.2) is 0 Å². The molecule has 0 fully saturated rings. The van der Waals surface area contributed by atoms with Gasteiger partial charge in [-0.15, -0.1) is 0 Å². The summed E-state index contributed by atoms with van der Waals surface area (Å²) in [4.78, 5) is 2.38. The second kappa shape index (κ2) is 11.7. The molecule has 248 valence electrons. The molecule has 0 spiro atoms. The predicted octanol–water partition coefficient (Wildman–Crippen LogP) is 14.1. The predicted molar refractivity (Wildman–Crippen MR) is 223 cm³/mol. The molecule has 0 radical (unpaired) electrons. The van der Waals surface area contributed by atoms with E-state index in [1.165, 1.54) is 43.6 Å². The molecule has 0 aliphatic heterocycles. The smallest absolute Gasteiger partial charge is 0.160 e. The van der Waals surface area contributed by atoms with E-state index in [1.54, 1.807) is 0 Å². The van der Waals surface area contributed by atoms with E-state index in [1.807, 2.05) is 0 Å². The fourth-order valence-corrected chi connectivity index (χ4v) is 8.35. The Morgan fingerprint density at radius 3 is 1.79 bits per heavy atom. The third-order valence-corrected chi connectivity index (χ3v) is 10.7. The van der Waals surface area contributed by atoms with Crippen molar-refractivity contribution in [1.29, 1.82) is 0 Å². The summed E-state index contributed by atoms with van der Waals surface area (Å²) in [6.45, 7) is 0. The van der Waals surface area contributed by atoms with Crippen LogP contribution >= 0.6 is 0 Å². The van der Waals surface area contributed by atoms with E-state index in [0.29, 0.717) is 0 Å². The molecule has 0 N–H and O–H groups in total. The van der Waals surface area contributed by atoms with Gasteiger partial charge in [-0.3, -0.25) is 0 Å². The Morgan fingerprint density at radius 2 is 1.00 bits per heavy atom. The molecule has 11 aromatic rings. The number of para-hydroxylation sites is 2. The van der Waals surface area contributed by atoms with Crippen LogP contribution in [0.15, 0.2) is 199 Å². The van der Waals surface area contributed by atoms with Crippen molar-refractivity contribution < 1.29 is 4.42 Å². The van der Waals surface area contributed by atoms with Gasteiger partial charge in [0.2, 0.25) is 0 Å². The maximum atomic E-state index is 7.00. The molecule has 0 unspecified atom stereocenters. The first-order valence-corrected chi connectivity index (χ1v) is 18.1. The molecule has 0 saturated carbocycles. The van der Waals surface area contributed by atoms with Crippen molar-refractivity contribution in [3.05, 3.63) is 194 Å². The molecule has 11 rings (SSSR count). The molecule has 53 heavy (non-hydrogen) atoms. The van der Waals surface area contributed by atoms with E-state index in [0.717, 1.165) is 55.6 Å². The van der Waals surface area contributed by atoms with E-state index in [4.69, 9.17) is 4.42 Å². The van der Waals surface area contributed by atoms with Gasteiger partial charge in [0.05, 0.1) is 16.7 Å². The standard InChI is InChI=1S/C50H32N2O/c1-3-13-33(14-4-1)34-23-26-38(27-24-34)51(39-28-29-43-42-21-11-12-22-44(42)52(45(43)32-39)37-17-5-2-6-18-37)46-31-36-16-8-10-20-41(36)49-48-40-19-9-7-15-35(40)25-30-47(48)53-50(46)49/h1-32H. The number of fused-ring (bicyclic) bond motifs is 10. The Bertz CT molecular complexity index is 3160. The zero-order valence-electron chi connectivity index (χ0n) is 28.8. The molecule has 0 atom stereocenters. The lowest BCUT2D eigenvalue weighted by Crippen LogP contribution is -2.10. The number of hydrogen-bond donors (Lipinski definition) is 0. The molecule has 0 saturated heterocycles. The molecule has 2 heterocycles. The van der Waals surface area contributed by atoms with Crippen molar-refractivity contribution in [2.45, 2.75) is 0 Å². The van der Waals surface area contributed by atoms with E-state index in [-0.39, 0.29) is 0 Å². The topological polar surface area (TPSA) is 21.3 Å². The van der Waals surface area contributed by atoms with Crippen LogP contribution in [0.25, 0.3) is 82.1 Å². The zero-order valence-corrected chi connectivity index (χ0v) is 28.8. The van der Waals surface area contributed by atoms with Crippen LogP contribution < -0.4 is 4.90 Å². The molecule has 3 heteroatoms. The van der Waals surface area contributed by atoms with Crippen LogP contribution in [-0.4, -0.2) is 4.57 Å². The third kappa shape index (κ3) is 4.61. The second-order valence-corrected chi connectivity index (χ2v) is 13.7. The average molecular weight is 677 g/mol. The lowest BCUT2D eigenvalue weighted by Gasteiger charge is -2.26. The largest absolute Gasteiger partial charge is 0.454 e. The highest BCUT2D eigenvalue weighted by Crippen LogP contribution is 2.48. The minimum Gasteiger partial charge on any atom is -0.454 e. The molecule has 9 aromatic carbocycles. The highest BCUT2D eigenvalue weighted by molar-refractivity contribution is 6.29. The summed E-state index contributed by atoms with van der Waals surface area (Å²) in [5.41, 5.74) is 10.7. The van der Waals surface area contributed by atoms with Gasteiger partial charge < -0.3 is 13.9 Å². The Hall–Kier alpha value is -7.10. The lowest BCUT2D eigenvalue weighted by molar-refractivity contribution is 0.669. The van der Waals surface area contributed by atoms with E-state index < -0.39 is 0 Å². The SMILES string of the molecule is c1ccc(-c2ccc(N(c3ccc4c5ccccc5n(-c5ccccc5)c4c3)c3cc4ccccc4c4c3oc3ccc5ccccc5c34)cc2)cc1. The van der Waals surface area contributed by atoms with Crippen LogP contribution in [0, 0.1) is 0 Å². The first-order chi connectivity index (χ1) is 26.3. The van der Waals surface area contributed by atoms with Crippen LogP contribution in [-0.2, 0) is 0 Å². The maximum Gasteiger partial charge on any atom is 0.160 e. The lowest BCUT2D eigenvalue weighted by atomic mass is 9.98. The molecular formula is C50H32N2O. The first kappa shape index (κ1) is 29.6. The number of furan rings is 1. The summed E-state index contributed by atoms with van der Waals surface area (Å²) in [5, 5.41) is 9.46. The van der Waals surface area contributed by atoms with Gasteiger partial charge in [0, 0.05) is 38.6 Å². The highest BCUT2D eigenvalue weighted by Gasteiger charge is 2.24. The Labute approximate surface area is 306 Å². The second-order valence-electron chi connectivity index (χ2n) is 13.7. The van der Waals surface area contributed by atoms with Crippen LogP contribution in [0.5, 0.6) is 0 Å². The van der Waals surface area contributed by atoms with E-state index >= 15 is 0 Å². The molecule has 3 nitrogen and oxygen atoms in total. The van der Waals surface area contributed by atoms with Crippen molar-refractivity contribution in [2.24, 2.45) is 0 Å². The first-order valence-electron chi connectivity index (χ1n) is 18.1. The zero-order chi connectivity index (χ0) is 34.9. The van der Waals surface area contributed by atoms with Crippen molar-refractivity contribution in [2.75, 3.05) is 4.90 Å². The Morgan fingerprint density at radius 1 is 0.396 bits per heavy atom. The summed E-state index contributed by atoms with van der Waals surface area (Å²) in [5.74, 6) is 0. The number of anilines is 3. The van der Waals surface area contributed by atoms with Gasteiger partial charge in [-0.2, -0.15) is 0 Å². The molecule has 0 bridgehead atoms. The minimum absolute atomic E-state index is 0.867. The highest BCUT2D eigenvalue weighted by atomic mass is 16.3. The van der Waals surface area contributed by atoms with Gasteiger partial charge in [0.25, 0.3) is 0 Å². The molecule has 0 aliphatic rings. The number of aromatic nitrogens is 1. The van der Waals surface area contributed by atoms with Crippen molar-refractivity contribution >= 4 is 82.4 Å². The summed E-state index contributed by atoms with van der Waals surface area (Å²) in [6.07, 6.45) is 0. The van der Waals surface area contributed by atoms with Gasteiger partial charge in [-0.05, 0) is 87.3 Å². The van der Waals surface area contributed by atoms with E-state index in [2.05, 4.69) is 204 Å². The number of hydrogen-bond acceptors (Lipinski definition) is 2. The summed E-state index contributed by atoms with van der Waals surface area (Å²) in [6, 6.07) is 69.6. The Balaban J connectivity index is 1.23. The summed E-state index contributed by atoms with van der Waals surface area (Å²) >= 11 is 0. The molecule has 0 amide bonds. The Kier molecular flexibility index (Phi) is 6.55. The number of rotatable bonds is 5. The van der Waals surface area contributed by atoms with Gasteiger partial charge in [-0.1, -0.05) is 140 Å². The summed E-state index contributed by atoms with van der Waals surface area (Å²) in [7, 11) is 0. The van der Waals surface area contributed by atoms with Crippen LogP contribution in [0.2, 0.25) is 0 Å². The minimum atomic E-state index is 0.867. The summed E-state index contributed by atoms with van der Waals surface area (Å²) < 4.78 is 9.38. The van der Waals surface area contributed by atoms with Crippen molar-refractivity contribution in [1.82, 2.24) is 4.57 Å². The maximum absolute atomic E-state index is 7.00. The van der Waals surface area contributed by atoms with Gasteiger partial charge >= 0.3 is 0 Å². The fraction of sp³-hybridized carbons (Fsp3) is 0. The molecule has 0 aliphatic carbocycles. The van der Waals surface area contributed by atoms with Gasteiger partial charge in [0.1, 0.15) is 5.58 Å². The number of benzene rings is 9. The quantitative estimate of drug-likeness (QED) is 0.181. The normalized spacial score (nSPS) is 11.8. The van der Waals surface area contributed by atoms with Crippen LogP contribution in [0.1, 0.15) is 0 Å². The van der Waals surface area contributed by atoms with Crippen molar-refractivity contribution in [3.63, 3.8) is 0 Å². The van der Waals surface area contributed by atoms with Crippen LogP contribution in [0.3, 0.4) is 0 Å². The molecular weight excluding hydrogens is 645 g/mol. The number of nitrogens with zero attached hydrogens (tertiary/aromatic N) is 2. The third-order valence-electron chi connectivity index (χ3n) is 10.7. The van der Waals surface area contributed by atoms with Crippen LogP contribution in [0.4, 0.5) is 17.1 Å². The fourth-order valence-electron chi connectivity index (χ4n) is 8.35. The average Bonchev–Trinajstić information content (AvgIpc) is 3.79. The van der Waals surface area contributed by atoms with Gasteiger partial charge in [0.15, 0.2) is 5.58 Å².